The summed E-state index contributed by atoms with van der Waals surface area (Å²) in [4.78, 5) is 10.8. The third-order valence-electron chi connectivity index (χ3n) is 1.87. The molecule has 0 amide bonds. The van der Waals surface area contributed by atoms with Gasteiger partial charge in [-0.25, -0.2) is 4.79 Å². The maximum Gasteiger partial charge on any atom is 0.330 e. The van der Waals surface area contributed by atoms with Crippen LogP contribution in [0.1, 0.15) is 18.9 Å². The Hall–Kier alpha value is -1.51. The molecule has 3 heteroatoms. The number of nitrogens with zero attached hydrogens (tertiary/aromatic N) is 1. The molecule has 0 aliphatic rings. The highest BCUT2D eigenvalue weighted by Gasteiger charge is 1.94. The molecule has 0 N–H and O–H groups in total. The summed E-state index contributed by atoms with van der Waals surface area (Å²) in [6.07, 6.45) is 8.28. The molecule has 0 saturated carbocycles. The number of hydrogen-bond donors (Lipinski definition) is 0. The Balaban J connectivity index is 2.59. The van der Waals surface area contributed by atoms with Gasteiger partial charge in [0.2, 0.25) is 0 Å². The van der Waals surface area contributed by atoms with E-state index in [1.165, 1.54) is 13.2 Å². The smallest absolute Gasteiger partial charge is 0.330 e. The largest absolute Gasteiger partial charge is 0.466 e. The molecule has 0 aliphatic carbocycles. The van der Waals surface area contributed by atoms with Gasteiger partial charge in [0.1, 0.15) is 0 Å². The first-order chi connectivity index (χ1) is 6.76. The van der Waals surface area contributed by atoms with E-state index in [0.717, 1.165) is 18.5 Å². The molecule has 14 heavy (non-hydrogen) atoms. The van der Waals surface area contributed by atoms with Crippen LogP contribution >= 0.6 is 0 Å². The number of aromatic nitrogens is 1. The normalized spacial score (nSPS) is 10.7. The van der Waals surface area contributed by atoms with E-state index in [4.69, 9.17) is 0 Å². The van der Waals surface area contributed by atoms with Gasteiger partial charge >= 0.3 is 5.97 Å². The van der Waals surface area contributed by atoms with Crippen LogP contribution in [0.4, 0.5) is 0 Å². The Morgan fingerprint density at radius 3 is 3.07 bits per heavy atom. The van der Waals surface area contributed by atoms with Crippen molar-refractivity contribution < 1.29 is 9.53 Å². The molecule has 0 unspecified atom stereocenters. The molecule has 0 aromatic carbocycles. The summed E-state index contributed by atoms with van der Waals surface area (Å²) in [6.45, 7) is 3.13. The van der Waals surface area contributed by atoms with Crippen molar-refractivity contribution in [3.05, 3.63) is 30.1 Å². The van der Waals surface area contributed by atoms with Gasteiger partial charge in [-0.2, -0.15) is 0 Å². The molecule has 1 aromatic heterocycles. The fourth-order valence-corrected chi connectivity index (χ4v) is 1.19. The lowest BCUT2D eigenvalue weighted by Crippen LogP contribution is -1.93. The third kappa shape index (κ3) is 3.09. The monoisotopic (exact) mass is 193 g/mol. The number of esters is 1. The lowest BCUT2D eigenvalue weighted by Gasteiger charge is -1.96. The van der Waals surface area contributed by atoms with Crippen molar-refractivity contribution in [2.75, 3.05) is 7.11 Å². The van der Waals surface area contributed by atoms with Gasteiger partial charge in [-0.3, -0.25) is 0 Å². The van der Waals surface area contributed by atoms with Gasteiger partial charge in [-0.15, -0.1) is 0 Å². The predicted molar refractivity (Wildman–Crippen MR) is 55.8 cm³/mol. The minimum absolute atomic E-state index is 0.326. The fourth-order valence-electron chi connectivity index (χ4n) is 1.19. The van der Waals surface area contributed by atoms with Gasteiger partial charge in [-0.05, 0) is 24.1 Å². The molecule has 0 bridgehead atoms. The van der Waals surface area contributed by atoms with E-state index in [0.29, 0.717) is 0 Å². The van der Waals surface area contributed by atoms with E-state index < -0.39 is 0 Å². The van der Waals surface area contributed by atoms with Crippen molar-refractivity contribution in [3.63, 3.8) is 0 Å². The molecule has 1 rings (SSSR count). The summed E-state index contributed by atoms with van der Waals surface area (Å²) >= 11 is 0. The zero-order valence-electron chi connectivity index (χ0n) is 8.56. The molecule has 0 spiro atoms. The van der Waals surface area contributed by atoms with Crippen LogP contribution in [-0.4, -0.2) is 17.6 Å². The van der Waals surface area contributed by atoms with Crippen LogP contribution < -0.4 is 0 Å². The van der Waals surface area contributed by atoms with Gasteiger partial charge in [0, 0.05) is 25.0 Å². The quantitative estimate of drug-likeness (QED) is 0.541. The van der Waals surface area contributed by atoms with E-state index in [1.54, 1.807) is 6.08 Å². The van der Waals surface area contributed by atoms with Crippen molar-refractivity contribution in [2.24, 2.45) is 0 Å². The SMILES string of the molecule is CCCn1ccc(/C=C/C(=O)OC)c1. The molecule has 1 heterocycles. The first-order valence-corrected chi connectivity index (χ1v) is 4.68. The van der Waals surface area contributed by atoms with Crippen molar-refractivity contribution in [1.82, 2.24) is 4.57 Å². The summed E-state index contributed by atoms with van der Waals surface area (Å²) < 4.78 is 6.59. The average molecular weight is 193 g/mol. The van der Waals surface area contributed by atoms with Gasteiger partial charge in [0.25, 0.3) is 0 Å². The molecule has 0 aliphatic heterocycles. The number of ether oxygens (including phenoxy) is 1. The lowest BCUT2D eigenvalue weighted by molar-refractivity contribution is -0.134. The van der Waals surface area contributed by atoms with Gasteiger partial charge in [0.05, 0.1) is 7.11 Å². The second-order valence-corrected chi connectivity index (χ2v) is 3.04. The van der Waals surface area contributed by atoms with E-state index in [9.17, 15) is 4.79 Å². The molecule has 3 nitrogen and oxygen atoms in total. The zero-order chi connectivity index (χ0) is 10.4. The maximum atomic E-state index is 10.8. The summed E-state index contributed by atoms with van der Waals surface area (Å²) in [7, 11) is 1.37. The van der Waals surface area contributed by atoms with Crippen LogP contribution in [0.5, 0.6) is 0 Å². The van der Waals surface area contributed by atoms with E-state index in [1.807, 2.05) is 18.5 Å². The first-order valence-electron chi connectivity index (χ1n) is 4.68. The third-order valence-corrected chi connectivity index (χ3v) is 1.87. The Kier molecular flexibility index (Phi) is 3.98. The molecule has 0 radical (unpaired) electrons. The van der Waals surface area contributed by atoms with Crippen LogP contribution in [0.2, 0.25) is 0 Å². The average Bonchev–Trinajstić information content (AvgIpc) is 2.63. The van der Waals surface area contributed by atoms with Crippen molar-refractivity contribution in [1.29, 1.82) is 0 Å². The van der Waals surface area contributed by atoms with Gasteiger partial charge in [0.15, 0.2) is 0 Å². The van der Waals surface area contributed by atoms with Crippen molar-refractivity contribution in [2.45, 2.75) is 19.9 Å². The molecule has 76 valence electrons. The lowest BCUT2D eigenvalue weighted by atomic mass is 10.3. The summed E-state index contributed by atoms with van der Waals surface area (Å²) in [5.41, 5.74) is 1.02. The topological polar surface area (TPSA) is 31.2 Å². The number of hydrogen-bond acceptors (Lipinski definition) is 2. The molecular formula is C11H15NO2. The Morgan fingerprint density at radius 2 is 2.43 bits per heavy atom. The first kappa shape index (κ1) is 10.6. The highest BCUT2D eigenvalue weighted by atomic mass is 16.5. The molecule has 0 fully saturated rings. The van der Waals surface area contributed by atoms with Gasteiger partial charge in [-0.1, -0.05) is 6.92 Å². The van der Waals surface area contributed by atoms with Crippen LogP contribution in [-0.2, 0) is 16.1 Å². The standard InChI is InChI=1S/C11H15NO2/c1-3-7-12-8-6-10(9-12)4-5-11(13)14-2/h4-6,8-9H,3,7H2,1-2H3/b5-4+. The maximum absolute atomic E-state index is 10.8. The van der Waals surface area contributed by atoms with E-state index >= 15 is 0 Å². The second-order valence-electron chi connectivity index (χ2n) is 3.04. The zero-order valence-corrected chi connectivity index (χ0v) is 8.56. The Labute approximate surface area is 84.0 Å². The van der Waals surface area contributed by atoms with Crippen molar-refractivity contribution >= 4 is 12.0 Å². The van der Waals surface area contributed by atoms with Crippen LogP contribution in [0.15, 0.2) is 24.5 Å². The Morgan fingerprint density at radius 1 is 1.64 bits per heavy atom. The highest BCUT2D eigenvalue weighted by Crippen LogP contribution is 2.04. The van der Waals surface area contributed by atoms with E-state index in [2.05, 4.69) is 16.2 Å². The number of carbonyl (C=O) groups is 1. The van der Waals surface area contributed by atoms with Crippen LogP contribution in [0, 0.1) is 0 Å². The summed E-state index contributed by atoms with van der Waals surface area (Å²) in [5.74, 6) is -0.326. The molecule has 0 saturated heterocycles. The van der Waals surface area contributed by atoms with Crippen LogP contribution in [0.3, 0.4) is 0 Å². The molecule has 1 aromatic rings. The fraction of sp³-hybridized carbons (Fsp3) is 0.364. The molecule has 0 atom stereocenters. The van der Waals surface area contributed by atoms with Gasteiger partial charge < -0.3 is 9.30 Å². The number of methoxy groups -OCH3 is 1. The molecular weight excluding hydrogens is 178 g/mol. The minimum Gasteiger partial charge on any atom is -0.466 e. The van der Waals surface area contributed by atoms with Crippen molar-refractivity contribution in [3.8, 4) is 0 Å². The number of carbonyl (C=O) groups excluding carboxylic acids is 1. The number of aryl methyl sites for hydroxylation is 1. The summed E-state index contributed by atoms with van der Waals surface area (Å²) in [5, 5.41) is 0. The number of rotatable bonds is 4. The van der Waals surface area contributed by atoms with E-state index in [-0.39, 0.29) is 5.97 Å². The Bertz CT molecular complexity index is 326. The predicted octanol–water partition coefficient (Wildman–Crippen LogP) is 2.08. The highest BCUT2D eigenvalue weighted by molar-refractivity contribution is 5.86. The minimum atomic E-state index is -0.326. The summed E-state index contributed by atoms with van der Waals surface area (Å²) in [6, 6.07) is 1.97. The second kappa shape index (κ2) is 5.27. The van der Waals surface area contributed by atoms with Crippen LogP contribution in [0.25, 0.3) is 6.08 Å².